The van der Waals surface area contributed by atoms with Crippen molar-refractivity contribution in [1.29, 1.82) is 0 Å². The van der Waals surface area contributed by atoms with E-state index >= 15 is 0 Å². The molecule has 1 fully saturated rings. The molecule has 0 aliphatic heterocycles. The van der Waals surface area contributed by atoms with E-state index in [-0.39, 0.29) is 18.1 Å². The van der Waals surface area contributed by atoms with Crippen LogP contribution in [0.2, 0.25) is 0 Å². The Hall–Kier alpha value is -2.12. The van der Waals surface area contributed by atoms with Crippen molar-refractivity contribution in [2.75, 3.05) is 11.9 Å². The molecule has 4 N–H and O–H groups in total. The topological polar surface area (TPSA) is 120 Å². The van der Waals surface area contributed by atoms with Crippen LogP contribution in [0.1, 0.15) is 19.3 Å². The zero-order chi connectivity index (χ0) is 12.3. The maximum absolute atomic E-state index is 11.3. The Balaban J connectivity index is 1.79. The van der Waals surface area contributed by atoms with Crippen LogP contribution >= 0.6 is 0 Å². The number of carbonyl (C=O) groups excluding carboxylic acids is 1. The molecule has 0 radical (unpaired) electrons. The summed E-state index contributed by atoms with van der Waals surface area (Å²) in [6.07, 6.45) is 2.34. The van der Waals surface area contributed by atoms with Crippen LogP contribution in [-0.2, 0) is 4.79 Å². The van der Waals surface area contributed by atoms with E-state index in [0.717, 1.165) is 12.8 Å². The van der Waals surface area contributed by atoms with Gasteiger partial charge in [-0.25, -0.2) is 9.89 Å². The van der Waals surface area contributed by atoms with Gasteiger partial charge in [0.1, 0.15) is 0 Å². The van der Waals surface area contributed by atoms with Gasteiger partial charge in [-0.15, -0.1) is 5.10 Å². The van der Waals surface area contributed by atoms with E-state index in [0.29, 0.717) is 12.6 Å². The number of hydrogen-bond donors (Lipinski definition) is 4. The van der Waals surface area contributed by atoms with Gasteiger partial charge in [-0.2, -0.15) is 0 Å². The van der Waals surface area contributed by atoms with E-state index in [1.807, 2.05) is 4.98 Å². The largest absolute Gasteiger partial charge is 0.364 e. The van der Waals surface area contributed by atoms with Crippen molar-refractivity contribution < 1.29 is 4.79 Å². The van der Waals surface area contributed by atoms with Crippen molar-refractivity contribution in [1.82, 2.24) is 20.5 Å². The van der Waals surface area contributed by atoms with Crippen LogP contribution in [0.4, 0.5) is 5.82 Å². The number of hydrogen-bond acceptors (Lipinski definition) is 5. The Labute approximate surface area is 95.8 Å². The van der Waals surface area contributed by atoms with Gasteiger partial charge in [0.05, 0.1) is 0 Å². The minimum absolute atomic E-state index is 0.00354. The fourth-order valence-electron chi connectivity index (χ4n) is 1.29. The van der Waals surface area contributed by atoms with Crippen LogP contribution in [0.25, 0.3) is 0 Å². The van der Waals surface area contributed by atoms with E-state index in [2.05, 4.69) is 20.8 Å². The summed E-state index contributed by atoms with van der Waals surface area (Å²) < 4.78 is 0. The van der Waals surface area contributed by atoms with Gasteiger partial charge >= 0.3 is 5.69 Å². The normalized spacial score (nSPS) is 14.4. The molecule has 92 valence electrons. The number of aromatic amines is 2. The van der Waals surface area contributed by atoms with Crippen LogP contribution in [-0.4, -0.2) is 33.7 Å². The van der Waals surface area contributed by atoms with E-state index < -0.39 is 11.2 Å². The SMILES string of the molecule is O=C(CCNc1n[nH]c(=O)[nH]c1=O)NC1CC1. The lowest BCUT2D eigenvalue weighted by atomic mass is 10.4. The van der Waals surface area contributed by atoms with Crippen molar-refractivity contribution in [2.24, 2.45) is 0 Å². The number of H-pyrrole nitrogens is 2. The summed E-state index contributed by atoms with van der Waals surface area (Å²) >= 11 is 0. The van der Waals surface area contributed by atoms with Crippen molar-refractivity contribution in [3.05, 3.63) is 20.8 Å². The minimum atomic E-state index is -0.660. The molecule has 8 heteroatoms. The Morgan fingerprint density at radius 1 is 1.41 bits per heavy atom. The molecule has 1 amide bonds. The van der Waals surface area contributed by atoms with Gasteiger partial charge in [0.2, 0.25) is 11.7 Å². The summed E-state index contributed by atoms with van der Waals surface area (Å²) in [6, 6.07) is 0.331. The Morgan fingerprint density at radius 3 is 2.82 bits per heavy atom. The van der Waals surface area contributed by atoms with Gasteiger partial charge in [0, 0.05) is 19.0 Å². The first-order valence-electron chi connectivity index (χ1n) is 5.37. The maximum Gasteiger partial charge on any atom is 0.342 e. The third-order valence-electron chi connectivity index (χ3n) is 2.30. The molecule has 1 aliphatic rings. The number of amides is 1. The second kappa shape index (κ2) is 4.81. The van der Waals surface area contributed by atoms with Crippen LogP contribution < -0.4 is 21.9 Å². The average molecular weight is 239 g/mol. The molecule has 0 bridgehead atoms. The van der Waals surface area contributed by atoms with Crippen molar-refractivity contribution in [3.63, 3.8) is 0 Å². The minimum Gasteiger partial charge on any atom is -0.364 e. The monoisotopic (exact) mass is 239 g/mol. The van der Waals surface area contributed by atoms with Crippen molar-refractivity contribution in [3.8, 4) is 0 Å². The number of aromatic nitrogens is 3. The Kier molecular flexibility index (Phi) is 3.22. The van der Waals surface area contributed by atoms with Crippen LogP contribution in [0, 0.1) is 0 Å². The molecule has 1 aliphatic carbocycles. The fraction of sp³-hybridized carbons (Fsp3) is 0.556. The summed E-state index contributed by atoms with van der Waals surface area (Å²) in [5.74, 6) is -0.0512. The Bertz CT molecular complexity index is 516. The van der Waals surface area contributed by atoms with Gasteiger partial charge in [-0.1, -0.05) is 0 Å². The summed E-state index contributed by atoms with van der Waals surface area (Å²) in [6.45, 7) is 0.292. The second-order valence-electron chi connectivity index (χ2n) is 3.87. The van der Waals surface area contributed by atoms with Gasteiger partial charge in [-0.05, 0) is 12.8 Å². The highest BCUT2D eigenvalue weighted by Gasteiger charge is 2.22. The predicted molar refractivity (Wildman–Crippen MR) is 59.7 cm³/mol. The van der Waals surface area contributed by atoms with Gasteiger partial charge < -0.3 is 10.6 Å². The summed E-state index contributed by atoms with van der Waals surface area (Å²) in [5, 5.41) is 11.1. The van der Waals surface area contributed by atoms with E-state index in [1.54, 1.807) is 0 Å². The van der Waals surface area contributed by atoms with Crippen LogP contribution in [0.15, 0.2) is 9.59 Å². The smallest absolute Gasteiger partial charge is 0.342 e. The fourth-order valence-corrected chi connectivity index (χ4v) is 1.29. The van der Waals surface area contributed by atoms with Crippen molar-refractivity contribution in [2.45, 2.75) is 25.3 Å². The number of carbonyl (C=O) groups is 1. The third-order valence-corrected chi connectivity index (χ3v) is 2.30. The molecule has 0 unspecified atom stereocenters. The molecule has 0 saturated heterocycles. The zero-order valence-electron chi connectivity index (χ0n) is 9.08. The lowest BCUT2D eigenvalue weighted by Crippen LogP contribution is -2.30. The molecule has 2 rings (SSSR count). The first kappa shape index (κ1) is 11.4. The van der Waals surface area contributed by atoms with E-state index in [9.17, 15) is 14.4 Å². The van der Waals surface area contributed by atoms with Crippen LogP contribution in [0.3, 0.4) is 0 Å². The van der Waals surface area contributed by atoms with Gasteiger partial charge in [0.25, 0.3) is 5.56 Å². The van der Waals surface area contributed by atoms with Crippen LogP contribution in [0.5, 0.6) is 0 Å². The maximum atomic E-state index is 11.3. The standard InChI is InChI=1S/C9H13N5O3/c15-6(11-5-1-2-5)3-4-10-7-8(16)12-9(17)14-13-7/h5H,1-4H2,(H,10,13)(H,11,15)(H2,12,14,16,17). The number of nitrogens with zero attached hydrogens (tertiary/aromatic N) is 1. The lowest BCUT2D eigenvalue weighted by Gasteiger charge is -2.04. The van der Waals surface area contributed by atoms with Gasteiger partial charge in [0.15, 0.2) is 0 Å². The van der Waals surface area contributed by atoms with Gasteiger partial charge in [-0.3, -0.25) is 14.6 Å². The molecular weight excluding hydrogens is 226 g/mol. The molecule has 1 heterocycles. The highest BCUT2D eigenvalue weighted by atomic mass is 16.2. The second-order valence-corrected chi connectivity index (χ2v) is 3.87. The molecule has 1 aromatic heterocycles. The molecule has 17 heavy (non-hydrogen) atoms. The first-order valence-corrected chi connectivity index (χ1v) is 5.37. The molecule has 0 atom stereocenters. The Morgan fingerprint density at radius 2 is 2.18 bits per heavy atom. The number of rotatable bonds is 5. The molecule has 1 aromatic rings. The highest BCUT2D eigenvalue weighted by Crippen LogP contribution is 2.18. The zero-order valence-corrected chi connectivity index (χ0v) is 9.08. The summed E-state index contributed by atoms with van der Waals surface area (Å²) in [5.41, 5.74) is -1.26. The highest BCUT2D eigenvalue weighted by molar-refractivity contribution is 5.77. The van der Waals surface area contributed by atoms with Crippen molar-refractivity contribution >= 4 is 11.7 Å². The summed E-state index contributed by atoms with van der Waals surface area (Å²) in [4.78, 5) is 35.2. The lowest BCUT2D eigenvalue weighted by molar-refractivity contribution is -0.120. The first-order chi connectivity index (χ1) is 8.15. The number of anilines is 1. The molecule has 8 nitrogen and oxygen atoms in total. The molecule has 0 aromatic carbocycles. The quantitative estimate of drug-likeness (QED) is 0.500. The van der Waals surface area contributed by atoms with E-state index in [4.69, 9.17) is 0 Å². The predicted octanol–water partition coefficient (Wildman–Crippen LogP) is -1.46. The molecule has 0 spiro atoms. The third kappa shape index (κ3) is 3.44. The number of nitrogens with one attached hydrogen (secondary N) is 4. The summed E-state index contributed by atoms with van der Waals surface area (Å²) in [7, 11) is 0. The average Bonchev–Trinajstić information content (AvgIpc) is 3.05. The molecule has 1 saturated carbocycles. The molecular formula is C9H13N5O3. The van der Waals surface area contributed by atoms with E-state index in [1.165, 1.54) is 0 Å².